The average molecular weight is 433 g/mol. The van der Waals surface area contributed by atoms with Gasteiger partial charge in [0.1, 0.15) is 5.75 Å². The van der Waals surface area contributed by atoms with Crippen molar-refractivity contribution in [3.8, 4) is 5.75 Å². The molecule has 0 amide bonds. The van der Waals surface area contributed by atoms with Crippen LogP contribution in [0.4, 0.5) is 13.2 Å². The Balaban J connectivity index is 2.59. The van der Waals surface area contributed by atoms with Crippen LogP contribution in [0.2, 0.25) is 0 Å². The van der Waals surface area contributed by atoms with Crippen LogP contribution in [0.15, 0.2) is 21.1 Å². The van der Waals surface area contributed by atoms with Gasteiger partial charge < -0.3 is 10.1 Å². The summed E-state index contributed by atoms with van der Waals surface area (Å²) in [5, 5.41) is 3.30. The molecule has 1 N–H and O–H groups in total. The molecule has 0 bridgehead atoms. The molecule has 1 rings (SSSR count). The predicted octanol–water partition coefficient (Wildman–Crippen LogP) is 5.43. The van der Waals surface area contributed by atoms with E-state index in [2.05, 4.69) is 51.0 Å². The fourth-order valence-electron chi connectivity index (χ4n) is 1.62. The van der Waals surface area contributed by atoms with Gasteiger partial charge in [-0.1, -0.05) is 13.8 Å². The molecule has 0 aliphatic rings. The van der Waals surface area contributed by atoms with E-state index in [0.717, 1.165) is 14.5 Å². The lowest BCUT2D eigenvalue weighted by atomic mass is 10.2. The quantitative estimate of drug-likeness (QED) is 0.580. The summed E-state index contributed by atoms with van der Waals surface area (Å²) in [6, 6.07) is 4.18. The van der Waals surface area contributed by atoms with Gasteiger partial charge in [0.25, 0.3) is 0 Å². The minimum Gasteiger partial charge on any atom is -0.491 e. The summed E-state index contributed by atoms with van der Waals surface area (Å²) in [4.78, 5) is 0. The molecule has 0 aliphatic carbocycles. The van der Waals surface area contributed by atoms with Crippen molar-refractivity contribution < 1.29 is 17.9 Å². The summed E-state index contributed by atoms with van der Waals surface area (Å²) in [5.41, 5.74) is 1.06. The van der Waals surface area contributed by atoms with Crippen LogP contribution in [-0.4, -0.2) is 18.8 Å². The summed E-state index contributed by atoms with van der Waals surface area (Å²) in [7, 11) is 0. The Morgan fingerprint density at radius 1 is 1.19 bits per heavy atom. The molecule has 0 atom stereocenters. The number of ether oxygens (including phenoxy) is 1. The smallest absolute Gasteiger partial charge is 0.389 e. The first-order valence-electron chi connectivity index (χ1n) is 6.60. The SMILES string of the molecule is CC(C)NCc1cc(Br)c(OCCCC(F)(F)F)c(Br)c1. The monoisotopic (exact) mass is 431 g/mol. The summed E-state index contributed by atoms with van der Waals surface area (Å²) in [5.74, 6) is 0.533. The normalized spacial score (nSPS) is 12.0. The summed E-state index contributed by atoms with van der Waals surface area (Å²) >= 11 is 6.78. The lowest BCUT2D eigenvalue weighted by molar-refractivity contribution is -0.136. The van der Waals surface area contributed by atoms with Crippen LogP contribution in [0.1, 0.15) is 32.3 Å². The second-order valence-electron chi connectivity index (χ2n) is 4.99. The number of rotatable bonds is 7. The molecule has 0 unspecified atom stereocenters. The predicted molar refractivity (Wildman–Crippen MR) is 84.6 cm³/mol. The minimum atomic E-state index is -4.13. The molecule has 1 aromatic carbocycles. The number of alkyl halides is 3. The van der Waals surface area contributed by atoms with Gasteiger partial charge in [0.2, 0.25) is 0 Å². The van der Waals surface area contributed by atoms with Gasteiger partial charge in [0, 0.05) is 19.0 Å². The lowest BCUT2D eigenvalue weighted by Crippen LogP contribution is -2.21. The van der Waals surface area contributed by atoms with E-state index < -0.39 is 12.6 Å². The van der Waals surface area contributed by atoms with Crippen molar-refractivity contribution in [2.75, 3.05) is 6.61 Å². The van der Waals surface area contributed by atoms with Gasteiger partial charge in [-0.3, -0.25) is 0 Å². The maximum absolute atomic E-state index is 12.1. The van der Waals surface area contributed by atoms with E-state index in [0.29, 0.717) is 18.3 Å². The molecular formula is C14H18Br2F3NO. The fraction of sp³-hybridized carbons (Fsp3) is 0.571. The van der Waals surface area contributed by atoms with E-state index in [1.165, 1.54) is 0 Å². The Kier molecular flexibility index (Phi) is 7.50. The third-order valence-corrected chi connectivity index (χ3v) is 3.80. The molecule has 0 saturated heterocycles. The van der Waals surface area contributed by atoms with Gasteiger partial charge in [-0.2, -0.15) is 13.2 Å². The average Bonchev–Trinajstić information content (AvgIpc) is 2.33. The number of hydrogen-bond acceptors (Lipinski definition) is 2. The first kappa shape index (κ1) is 18.8. The van der Waals surface area contributed by atoms with Crippen molar-refractivity contribution in [2.45, 2.75) is 45.5 Å². The topological polar surface area (TPSA) is 21.3 Å². The number of nitrogens with one attached hydrogen (secondary N) is 1. The zero-order valence-corrected chi connectivity index (χ0v) is 15.0. The number of halogens is 5. The van der Waals surface area contributed by atoms with Crippen LogP contribution >= 0.6 is 31.9 Å². The first-order chi connectivity index (χ1) is 9.69. The van der Waals surface area contributed by atoms with Gasteiger partial charge in [-0.05, 0) is 56.0 Å². The van der Waals surface area contributed by atoms with Crippen molar-refractivity contribution in [1.29, 1.82) is 0 Å². The van der Waals surface area contributed by atoms with E-state index in [1.54, 1.807) is 0 Å². The maximum atomic E-state index is 12.1. The minimum absolute atomic E-state index is 0.0281. The molecule has 0 aromatic heterocycles. The van der Waals surface area contributed by atoms with E-state index in [9.17, 15) is 13.2 Å². The van der Waals surface area contributed by atoms with Crippen molar-refractivity contribution >= 4 is 31.9 Å². The Hall–Kier alpha value is -0.270. The highest BCUT2D eigenvalue weighted by Crippen LogP contribution is 2.35. The zero-order chi connectivity index (χ0) is 16.0. The standard InChI is InChI=1S/C14H18Br2F3NO/c1-9(2)20-8-10-6-11(15)13(12(16)7-10)21-5-3-4-14(17,18)19/h6-7,9,20H,3-5,8H2,1-2H3. The van der Waals surface area contributed by atoms with E-state index in [1.807, 2.05) is 12.1 Å². The molecule has 0 aliphatic heterocycles. The number of benzene rings is 1. The highest BCUT2D eigenvalue weighted by atomic mass is 79.9. The van der Waals surface area contributed by atoms with Crippen molar-refractivity contribution in [2.24, 2.45) is 0 Å². The van der Waals surface area contributed by atoms with E-state index in [-0.39, 0.29) is 13.0 Å². The molecule has 0 heterocycles. The van der Waals surface area contributed by atoms with Crippen LogP contribution in [0, 0.1) is 0 Å². The summed E-state index contributed by atoms with van der Waals surface area (Å²) in [6.07, 6.45) is -5.03. The van der Waals surface area contributed by atoms with Crippen LogP contribution in [-0.2, 0) is 6.54 Å². The van der Waals surface area contributed by atoms with Crippen LogP contribution in [0.25, 0.3) is 0 Å². The summed E-state index contributed by atoms with van der Waals surface area (Å²) in [6.45, 7) is 4.86. The largest absolute Gasteiger partial charge is 0.491 e. The molecular weight excluding hydrogens is 415 g/mol. The molecule has 0 saturated carbocycles. The molecule has 120 valence electrons. The van der Waals surface area contributed by atoms with Gasteiger partial charge in [-0.25, -0.2) is 0 Å². The molecule has 2 nitrogen and oxygen atoms in total. The van der Waals surface area contributed by atoms with Crippen LogP contribution in [0.3, 0.4) is 0 Å². The Labute approximate surface area is 139 Å². The fourth-order valence-corrected chi connectivity index (χ4v) is 3.13. The second-order valence-corrected chi connectivity index (χ2v) is 6.70. The maximum Gasteiger partial charge on any atom is 0.389 e. The molecule has 7 heteroatoms. The molecule has 0 fully saturated rings. The van der Waals surface area contributed by atoms with Crippen molar-refractivity contribution in [3.63, 3.8) is 0 Å². The van der Waals surface area contributed by atoms with Crippen LogP contribution in [0.5, 0.6) is 5.75 Å². The Morgan fingerprint density at radius 2 is 1.76 bits per heavy atom. The van der Waals surface area contributed by atoms with E-state index in [4.69, 9.17) is 4.74 Å². The van der Waals surface area contributed by atoms with Gasteiger partial charge in [0.15, 0.2) is 0 Å². The van der Waals surface area contributed by atoms with Crippen molar-refractivity contribution in [3.05, 3.63) is 26.6 Å². The third kappa shape index (κ3) is 7.51. The second kappa shape index (κ2) is 8.39. The molecule has 21 heavy (non-hydrogen) atoms. The molecule has 0 spiro atoms. The number of hydrogen-bond donors (Lipinski definition) is 1. The van der Waals surface area contributed by atoms with E-state index >= 15 is 0 Å². The highest BCUT2D eigenvalue weighted by Gasteiger charge is 2.26. The Bertz CT molecular complexity index is 441. The van der Waals surface area contributed by atoms with Gasteiger partial charge in [0.05, 0.1) is 15.6 Å². The third-order valence-electron chi connectivity index (χ3n) is 2.62. The van der Waals surface area contributed by atoms with Gasteiger partial charge in [-0.15, -0.1) is 0 Å². The summed E-state index contributed by atoms with van der Waals surface area (Å²) < 4.78 is 43.1. The zero-order valence-electron chi connectivity index (χ0n) is 11.9. The molecule has 0 radical (unpaired) electrons. The van der Waals surface area contributed by atoms with Gasteiger partial charge >= 0.3 is 6.18 Å². The Morgan fingerprint density at radius 3 is 2.24 bits per heavy atom. The molecule has 1 aromatic rings. The highest BCUT2D eigenvalue weighted by molar-refractivity contribution is 9.11. The first-order valence-corrected chi connectivity index (χ1v) is 8.18. The van der Waals surface area contributed by atoms with Crippen LogP contribution < -0.4 is 10.1 Å². The lowest BCUT2D eigenvalue weighted by Gasteiger charge is -2.14. The van der Waals surface area contributed by atoms with Crippen molar-refractivity contribution in [1.82, 2.24) is 5.32 Å².